The zero-order valence-corrected chi connectivity index (χ0v) is 16.9. The van der Waals surface area contributed by atoms with E-state index in [0.29, 0.717) is 65.6 Å². The van der Waals surface area contributed by atoms with Crippen molar-refractivity contribution in [2.75, 3.05) is 66.0 Å². The smallest absolute Gasteiger partial charge is 0.243 e. The molecule has 0 aliphatic carbocycles. The van der Waals surface area contributed by atoms with Gasteiger partial charge in [0.25, 0.3) is 0 Å². The van der Waals surface area contributed by atoms with E-state index in [1.165, 1.54) is 0 Å². The Labute approximate surface area is 167 Å². The van der Waals surface area contributed by atoms with E-state index in [2.05, 4.69) is 5.32 Å². The standard InChI is InChI=1S/C14H28N2O7.Y/c15-13(18)12-23-11-10-22-9-8-21-7-6-20-5-3-16-14(19)2-1-4-17;/h17H,1-12H2,(H2,15,18)(H,16,19);. The maximum atomic E-state index is 11.2. The first-order valence-electron chi connectivity index (χ1n) is 7.63. The van der Waals surface area contributed by atoms with Crippen LogP contribution in [-0.2, 0) is 61.2 Å². The summed E-state index contributed by atoms with van der Waals surface area (Å²) in [6.45, 7) is 3.23. The molecule has 0 aliphatic rings. The summed E-state index contributed by atoms with van der Waals surface area (Å²) in [5.74, 6) is -0.589. The van der Waals surface area contributed by atoms with Crippen molar-refractivity contribution in [1.82, 2.24) is 5.32 Å². The molecule has 0 spiro atoms. The molecule has 1 radical (unpaired) electrons. The second-order valence-electron chi connectivity index (χ2n) is 4.53. The molecular formula is C14H28N2O7Y. The van der Waals surface area contributed by atoms with Gasteiger partial charge in [0, 0.05) is 52.3 Å². The molecule has 0 aliphatic heterocycles. The van der Waals surface area contributed by atoms with Gasteiger partial charge in [0.1, 0.15) is 6.61 Å². The molecule has 24 heavy (non-hydrogen) atoms. The number of nitrogens with one attached hydrogen (secondary N) is 1. The van der Waals surface area contributed by atoms with Gasteiger partial charge < -0.3 is 35.1 Å². The Kier molecular flexibility index (Phi) is 22.7. The van der Waals surface area contributed by atoms with Gasteiger partial charge >= 0.3 is 0 Å². The molecule has 0 fully saturated rings. The van der Waals surface area contributed by atoms with E-state index in [-0.39, 0.29) is 51.8 Å². The topological polar surface area (TPSA) is 129 Å². The van der Waals surface area contributed by atoms with Crippen molar-refractivity contribution in [3.8, 4) is 0 Å². The zero-order valence-electron chi connectivity index (χ0n) is 14.0. The number of aliphatic hydroxyl groups is 1. The number of carbonyl (C=O) groups is 2. The Morgan fingerprint density at radius 3 is 1.88 bits per heavy atom. The molecule has 0 bridgehead atoms. The predicted molar refractivity (Wildman–Crippen MR) is 81.8 cm³/mol. The molecule has 0 heterocycles. The van der Waals surface area contributed by atoms with Gasteiger partial charge in [-0.1, -0.05) is 0 Å². The van der Waals surface area contributed by atoms with Gasteiger partial charge in [-0.15, -0.1) is 0 Å². The third kappa shape index (κ3) is 21.8. The summed E-state index contributed by atoms with van der Waals surface area (Å²) < 4.78 is 20.7. The largest absolute Gasteiger partial charge is 0.396 e. The van der Waals surface area contributed by atoms with E-state index in [9.17, 15) is 9.59 Å². The van der Waals surface area contributed by atoms with Crippen molar-refractivity contribution < 1.29 is 66.4 Å². The molecule has 0 rings (SSSR count). The fourth-order valence-electron chi connectivity index (χ4n) is 1.42. The van der Waals surface area contributed by atoms with Crippen LogP contribution in [-0.4, -0.2) is 82.9 Å². The van der Waals surface area contributed by atoms with E-state index in [0.717, 1.165) is 0 Å². The molecule has 2 amide bonds. The number of rotatable bonds is 17. The Morgan fingerprint density at radius 2 is 1.38 bits per heavy atom. The van der Waals surface area contributed by atoms with Crippen LogP contribution in [0.3, 0.4) is 0 Å². The van der Waals surface area contributed by atoms with Crippen molar-refractivity contribution in [3.63, 3.8) is 0 Å². The summed E-state index contributed by atoms with van der Waals surface area (Å²) in [5.41, 5.74) is 4.90. The van der Waals surface area contributed by atoms with Crippen LogP contribution in [0, 0.1) is 0 Å². The predicted octanol–water partition coefficient (Wildman–Crippen LogP) is -1.58. The van der Waals surface area contributed by atoms with E-state index in [4.69, 9.17) is 29.8 Å². The van der Waals surface area contributed by atoms with Crippen molar-refractivity contribution in [2.45, 2.75) is 12.8 Å². The molecule has 0 atom stereocenters. The second-order valence-corrected chi connectivity index (χ2v) is 4.53. The van der Waals surface area contributed by atoms with Crippen LogP contribution in [0.4, 0.5) is 0 Å². The molecule has 0 aromatic heterocycles. The van der Waals surface area contributed by atoms with Crippen LogP contribution < -0.4 is 11.1 Å². The first-order valence-corrected chi connectivity index (χ1v) is 7.63. The first-order chi connectivity index (χ1) is 11.2. The fourth-order valence-corrected chi connectivity index (χ4v) is 1.42. The number of ether oxygens (including phenoxy) is 4. The number of primary amides is 1. The minimum absolute atomic E-state index is 0. The molecule has 0 saturated heterocycles. The molecule has 0 unspecified atom stereocenters. The second kappa shape index (κ2) is 20.9. The molecule has 9 nitrogen and oxygen atoms in total. The van der Waals surface area contributed by atoms with Crippen molar-refractivity contribution in [2.24, 2.45) is 5.73 Å². The third-order valence-corrected chi connectivity index (χ3v) is 2.49. The normalized spacial score (nSPS) is 10.2. The molecule has 10 heteroatoms. The summed E-state index contributed by atoms with van der Waals surface area (Å²) in [4.78, 5) is 21.6. The van der Waals surface area contributed by atoms with Crippen LogP contribution in [0.15, 0.2) is 0 Å². The summed E-state index contributed by atoms with van der Waals surface area (Å²) in [7, 11) is 0. The van der Waals surface area contributed by atoms with Crippen LogP contribution in [0.25, 0.3) is 0 Å². The maximum absolute atomic E-state index is 11.2. The summed E-state index contributed by atoms with van der Waals surface area (Å²) in [6, 6.07) is 0. The van der Waals surface area contributed by atoms with Crippen molar-refractivity contribution in [3.05, 3.63) is 0 Å². The van der Waals surface area contributed by atoms with E-state index in [1.54, 1.807) is 0 Å². The van der Waals surface area contributed by atoms with Crippen LogP contribution >= 0.6 is 0 Å². The average Bonchev–Trinajstić information content (AvgIpc) is 2.52. The molecule has 4 N–H and O–H groups in total. The van der Waals surface area contributed by atoms with Crippen LogP contribution in [0.2, 0.25) is 0 Å². The minimum atomic E-state index is -0.502. The number of aliphatic hydroxyl groups excluding tert-OH is 1. The van der Waals surface area contributed by atoms with Gasteiger partial charge in [-0.05, 0) is 6.42 Å². The maximum Gasteiger partial charge on any atom is 0.243 e. The quantitative estimate of drug-likeness (QED) is 0.240. The number of carbonyl (C=O) groups excluding carboxylic acids is 2. The van der Waals surface area contributed by atoms with Gasteiger partial charge in [-0.2, -0.15) is 0 Å². The Morgan fingerprint density at radius 1 is 0.875 bits per heavy atom. The Bertz CT molecular complexity index is 309. The van der Waals surface area contributed by atoms with Gasteiger partial charge in [-0.3, -0.25) is 9.59 Å². The number of hydrogen-bond acceptors (Lipinski definition) is 7. The van der Waals surface area contributed by atoms with Gasteiger partial charge in [-0.25, -0.2) is 0 Å². The SMILES string of the molecule is NC(=O)COCCOCCOCCOCCNC(=O)CCCO.[Y]. The van der Waals surface area contributed by atoms with Crippen LogP contribution in [0.5, 0.6) is 0 Å². The summed E-state index contributed by atoms with van der Waals surface area (Å²) >= 11 is 0. The van der Waals surface area contributed by atoms with Gasteiger partial charge in [0.2, 0.25) is 11.8 Å². The minimum Gasteiger partial charge on any atom is -0.396 e. The molecular weight excluding hydrogens is 397 g/mol. The fraction of sp³-hybridized carbons (Fsp3) is 0.857. The molecule has 139 valence electrons. The third-order valence-electron chi connectivity index (χ3n) is 2.49. The van der Waals surface area contributed by atoms with Crippen molar-refractivity contribution >= 4 is 11.8 Å². The molecule has 0 aromatic carbocycles. The van der Waals surface area contributed by atoms with E-state index >= 15 is 0 Å². The summed E-state index contributed by atoms with van der Waals surface area (Å²) in [6.07, 6.45) is 0.799. The number of amides is 2. The number of nitrogens with two attached hydrogens (primary N) is 1. The Hall–Kier alpha value is -0.156. The van der Waals surface area contributed by atoms with Gasteiger partial charge in [0.05, 0.1) is 46.2 Å². The zero-order chi connectivity index (χ0) is 17.2. The first kappa shape index (κ1) is 26.1. The Balaban J connectivity index is 0. The number of hydrogen-bond donors (Lipinski definition) is 3. The molecule has 0 aromatic rings. The monoisotopic (exact) mass is 425 g/mol. The average molecular weight is 425 g/mol. The van der Waals surface area contributed by atoms with Gasteiger partial charge in [0.15, 0.2) is 0 Å². The van der Waals surface area contributed by atoms with E-state index < -0.39 is 5.91 Å². The summed E-state index contributed by atoms with van der Waals surface area (Å²) in [5, 5.41) is 11.3. The van der Waals surface area contributed by atoms with Crippen molar-refractivity contribution in [1.29, 1.82) is 0 Å². The molecule has 0 saturated carbocycles. The van der Waals surface area contributed by atoms with E-state index in [1.807, 2.05) is 0 Å². The van der Waals surface area contributed by atoms with Crippen LogP contribution in [0.1, 0.15) is 12.8 Å².